The summed E-state index contributed by atoms with van der Waals surface area (Å²) in [5.41, 5.74) is 0. The van der Waals surface area contributed by atoms with Gasteiger partial charge in [-0.15, -0.1) is 0 Å². The first kappa shape index (κ1) is 9.69. The lowest BCUT2D eigenvalue weighted by molar-refractivity contribution is 1.25. The summed E-state index contributed by atoms with van der Waals surface area (Å²) < 4.78 is 0. The van der Waals surface area contributed by atoms with Crippen molar-refractivity contribution >= 4 is 23.5 Å². The van der Waals surface area contributed by atoms with Crippen molar-refractivity contribution in [2.24, 2.45) is 0 Å². The summed E-state index contributed by atoms with van der Waals surface area (Å²) in [6, 6.07) is 8.45. The van der Waals surface area contributed by atoms with Crippen molar-refractivity contribution in [3.63, 3.8) is 0 Å². The van der Waals surface area contributed by atoms with E-state index in [1.807, 2.05) is 12.2 Å². The van der Waals surface area contributed by atoms with Crippen LogP contribution in [0, 0.1) is 0 Å². The molecule has 0 saturated heterocycles. The molecule has 0 bridgehead atoms. The highest BCUT2D eigenvalue weighted by Crippen LogP contribution is 2.39. The first-order chi connectivity index (χ1) is 6.85. The molecule has 0 unspecified atom stereocenters. The maximum atomic E-state index is 3.83. The van der Waals surface area contributed by atoms with E-state index in [1.165, 1.54) is 31.4 Å². The lowest BCUT2D eigenvalue weighted by atomic mass is 10.4. The fraction of sp³-hybridized carbons (Fsp3) is 0. The predicted molar refractivity (Wildman–Crippen MR) is 66.7 cm³/mol. The van der Waals surface area contributed by atoms with Gasteiger partial charge in [0, 0.05) is 11.8 Å². The van der Waals surface area contributed by atoms with E-state index in [4.69, 9.17) is 0 Å². The normalized spacial score (nSPS) is 14.9. The van der Waals surface area contributed by atoms with Gasteiger partial charge in [-0.05, 0) is 18.2 Å². The van der Waals surface area contributed by atoms with Crippen LogP contribution in [0.1, 0.15) is 0 Å². The topological polar surface area (TPSA) is 0 Å². The van der Waals surface area contributed by atoms with Gasteiger partial charge >= 0.3 is 0 Å². The first-order valence-electron chi connectivity index (χ1n) is 4.33. The average molecular weight is 219 g/mol. The Morgan fingerprint density at radius 2 is 1.93 bits per heavy atom. The molecule has 0 radical (unpaired) electrons. The fourth-order valence-electron chi connectivity index (χ4n) is 1.28. The van der Waals surface area contributed by atoms with E-state index in [0.717, 1.165) is 0 Å². The standard InChI is InChI=1S/C12H10S2/c1-3-9-10(4-2)14-12-8-6-5-7-11(12)13-9/h3-8H,1-2H2/p+1. The van der Waals surface area contributed by atoms with Crippen LogP contribution in [0.2, 0.25) is 0 Å². The van der Waals surface area contributed by atoms with Crippen molar-refractivity contribution < 1.29 is 0 Å². The molecule has 0 spiro atoms. The minimum atomic E-state index is 1.22. The highest BCUT2D eigenvalue weighted by molar-refractivity contribution is 8.05. The molecule has 2 heteroatoms. The van der Waals surface area contributed by atoms with E-state index in [-0.39, 0.29) is 0 Å². The third-order valence-electron chi connectivity index (χ3n) is 1.96. The van der Waals surface area contributed by atoms with Gasteiger partial charge < -0.3 is 0 Å². The second kappa shape index (κ2) is 4.11. The van der Waals surface area contributed by atoms with E-state index in [9.17, 15) is 0 Å². The monoisotopic (exact) mass is 219 g/mol. The first-order valence-corrected chi connectivity index (χ1v) is 6.04. The quantitative estimate of drug-likeness (QED) is 0.541. The highest BCUT2D eigenvalue weighted by Gasteiger charge is 2.22. The molecule has 14 heavy (non-hydrogen) atoms. The van der Waals surface area contributed by atoms with Gasteiger partial charge in [0.05, 0.1) is 9.80 Å². The number of benzene rings is 1. The third-order valence-corrected chi connectivity index (χ3v) is 4.74. The van der Waals surface area contributed by atoms with Gasteiger partial charge in [0.15, 0.2) is 9.80 Å². The molecule has 0 aromatic heterocycles. The highest BCUT2D eigenvalue weighted by atomic mass is 32.2. The molecule has 0 aliphatic carbocycles. The largest absolute Gasteiger partial charge is 0.172 e. The summed E-state index contributed by atoms with van der Waals surface area (Å²) in [5, 5.41) is 0. The molecule has 70 valence electrons. The summed E-state index contributed by atoms with van der Waals surface area (Å²) in [7, 11) is 0. The van der Waals surface area contributed by atoms with Gasteiger partial charge in [-0.1, -0.05) is 43.1 Å². The lowest BCUT2D eigenvalue weighted by Crippen LogP contribution is -1.96. The van der Waals surface area contributed by atoms with Crippen LogP contribution >= 0.6 is 11.8 Å². The molecular formula is C12H11S2+. The van der Waals surface area contributed by atoms with Gasteiger partial charge in [0.25, 0.3) is 0 Å². The molecule has 0 amide bonds. The zero-order valence-corrected chi connectivity index (χ0v) is 9.44. The summed E-state index contributed by atoms with van der Waals surface area (Å²) in [5.74, 6) is 0. The Morgan fingerprint density at radius 3 is 2.64 bits per heavy atom. The second-order valence-electron chi connectivity index (χ2n) is 2.84. The Bertz CT molecular complexity index is 377. The van der Waals surface area contributed by atoms with Crippen LogP contribution in [-0.4, -0.2) is 0 Å². The number of rotatable bonds is 2. The summed E-state index contributed by atoms with van der Waals surface area (Å²) >= 11 is 3.01. The molecule has 0 nitrogen and oxygen atoms in total. The Labute approximate surface area is 92.8 Å². The lowest BCUT2D eigenvalue weighted by Gasteiger charge is -2.10. The number of allylic oxidation sites excluding steroid dienone is 2. The van der Waals surface area contributed by atoms with Gasteiger partial charge in [0.2, 0.25) is 0 Å². The molecule has 0 saturated carbocycles. The van der Waals surface area contributed by atoms with E-state index in [1.54, 1.807) is 11.8 Å². The number of hydrogen-bond donors (Lipinski definition) is 0. The molecule has 1 heterocycles. The Kier molecular flexibility index (Phi) is 2.85. The predicted octanol–water partition coefficient (Wildman–Crippen LogP) is 3.55. The second-order valence-corrected chi connectivity index (χ2v) is 5.11. The minimum Gasteiger partial charge on any atom is -0.0978 e. The van der Waals surface area contributed by atoms with Crippen molar-refractivity contribution in [1.82, 2.24) is 0 Å². The average Bonchev–Trinajstić information content (AvgIpc) is 2.27. The molecule has 2 rings (SSSR count). The zero-order valence-electron chi connectivity index (χ0n) is 7.73. The van der Waals surface area contributed by atoms with Crippen LogP contribution < -0.4 is 0 Å². The van der Waals surface area contributed by atoms with Crippen molar-refractivity contribution in [2.45, 2.75) is 9.79 Å². The summed E-state index contributed by atoms with van der Waals surface area (Å²) in [6.07, 6.45) is 3.83. The maximum absolute atomic E-state index is 3.83. The molecule has 1 aromatic rings. The van der Waals surface area contributed by atoms with E-state index in [0.29, 0.717) is 0 Å². The van der Waals surface area contributed by atoms with Crippen molar-refractivity contribution in [3.05, 3.63) is 59.4 Å². The van der Waals surface area contributed by atoms with E-state index < -0.39 is 0 Å². The van der Waals surface area contributed by atoms with Gasteiger partial charge in [-0.25, -0.2) is 0 Å². The molecule has 1 aliphatic rings. The molecule has 0 atom stereocenters. The Morgan fingerprint density at radius 1 is 1.14 bits per heavy atom. The summed E-state index contributed by atoms with van der Waals surface area (Å²) in [6.45, 7) is 7.65. The number of thioether (sulfide) groups is 1. The SMILES string of the molecule is C=CC1=C(C=C)[SH+]c2ccccc2S1. The number of fused-ring (bicyclic) bond motifs is 1. The maximum Gasteiger partial charge on any atom is 0.172 e. The minimum absolute atomic E-state index is 1.22. The van der Waals surface area contributed by atoms with Gasteiger partial charge in [-0.3, -0.25) is 0 Å². The third kappa shape index (κ3) is 1.68. The van der Waals surface area contributed by atoms with Crippen LogP contribution in [0.15, 0.2) is 69.2 Å². The van der Waals surface area contributed by atoms with Crippen molar-refractivity contribution in [2.75, 3.05) is 0 Å². The zero-order chi connectivity index (χ0) is 9.97. The number of thiol groups is 1. The Hall–Kier alpha value is -0.860. The van der Waals surface area contributed by atoms with Gasteiger partial charge in [-0.2, -0.15) is 0 Å². The van der Waals surface area contributed by atoms with Crippen LogP contribution in [0.5, 0.6) is 0 Å². The smallest absolute Gasteiger partial charge is 0.0978 e. The van der Waals surface area contributed by atoms with E-state index in [2.05, 4.69) is 37.4 Å². The molecule has 1 aliphatic heterocycles. The molecule has 0 N–H and O–H groups in total. The molecule has 1 aromatic carbocycles. The Balaban J connectivity index is 2.45. The van der Waals surface area contributed by atoms with Crippen LogP contribution in [0.25, 0.3) is 0 Å². The van der Waals surface area contributed by atoms with Crippen molar-refractivity contribution in [3.8, 4) is 0 Å². The van der Waals surface area contributed by atoms with E-state index >= 15 is 0 Å². The summed E-state index contributed by atoms with van der Waals surface area (Å²) in [4.78, 5) is 5.16. The van der Waals surface area contributed by atoms with Crippen molar-refractivity contribution in [1.29, 1.82) is 0 Å². The fourth-order valence-corrected chi connectivity index (χ4v) is 3.56. The molecule has 0 fully saturated rings. The van der Waals surface area contributed by atoms with Crippen LogP contribution in [0.3, 0.4) is 0 Å². The van der Waals surface area contributed by atoms with Crippen LogP contribution in [0.4, 0.5) is 0 Å². The van der Waals surface area contributed by atoms with Crippen LogP contribution in [-0.2, 0) is 11.8 Å². The van der Waals surface area contributed by atoms with Gasteiger partial charge in [0.1, 0.15) is 0 Å². The number of hydrogen-bond acceptors (Lipinski definition) is 1. The molecular weight excluding hydrogens is 208 g/mol.